The zero-order valence-electron chi connectivity index (χ0n) is 37.0. The zero-order chi connectivity index (χ0) is 46.0. The molecule has 0 amide bonds. The second-order valence-electron chi connectivity index (χ2n) is 14.4. The third kappa shape index (κ3) is 43.6. The quantitative estimate of drug-likeness (QED) is 0.0127. The molecular weight excluding hydrogens is 838 g/mol. The number of carbonyl (C=O) groups excluding carboxylic acids is 2. The highest BCUT2D eigenvalue weighted by Gasteiger charge is 2.28. The minimum absolute atomic E-state index is 0.0349. The van der Waals surface area contributed by atoms with Crippen LogP contribution in [-0.4, -0.2) is 81.6 Å². The lowest BCUT2D eigenvalue weighted by molar-refractivity contribution is -0.161. The van der Waals surface area contributed by atoms with E-state index in [0.717, 1.165) is 38.5 Å². The number of ether oxygens (including phenoxy) is 2. The molecule has 62 heavy (non-hydrogen) atoms. The number of hydrogen-bond acceptors (Lipinski definition) is 11. The van der Waals surface area contributed by atoms with Crippen LogP contribution in [0.4, 0.5) is 0 Å². The summed E-state index contributed by atoms with van der Waals surface area (Å²) in [4.78, 5) is 52.7. The van der Waals surface area contributed by atoms with Crippen LogP contribution in [-0.2, 0) is 41.8 Å². The van der Waals surface area contributed by atoms with Crippen molar-refractivity contribution in [2.75, 3.05) is 26.4 Å². The number of allylic oxidation sites excluding steroid dienone is 15. The summed E-state index contributed by atoms with van der Waals surface area (Å²) in [7, 11) is -9.73. The highest BCUT2D eigenvalue weighted by molar-refractivity contribution is 7.47. The molecule has 0 fully saturated rings. The van der Waals surface area contributed by atoms with Crippen molar-refractivity contribution in [1.29, 1.82) is 0 Å². The second-order valence-corrected chi connectivity index (χ2v) is 17.1. The van der Waals surface area contributed by atoms with Gasteiger partial charge in [-0.05, 0) is 77.0 Å². The first kappa shape index (κ1) is 59.0. The number of aliphatic hydroxyl groups excluding tert-OH is 2. The standard InChI is InChI=1S/C46H76O14P2/c1-3-5-6-7-8-9-10-11-12-13-14-19-22-25-28-31-34-37-46(50)60-44(41-59-62(54,55)58-39-43(48)38-57-61(51,52)53)40-56-45(49)36-33-30-27-24-21-18-16-15-17-20-23-26-29-32-35-42(47)4-2/h11-12,14,16-20,24-29,32,35,42-44,47-48H,3-10,13,15,21-23,30-31,33-34,36-41H2,1-2H3,(H,54,55)(H2,51,52,53)/b12-11-,18-16-,19-14-,20-17-,27-24-,28-25-,29-26-,35-32+/t42-,43-,44+/m0/s1. The van der Waals surface area contributed by atoms with Gasteiger partial charge < -0.3 is 34.4 Å². The van der Waals surface area contributed by atoms with E-state index in [2.05, 4.69) is 64.6 Å². The van der Waals surface area contributed by atoms with E-state index in [-0.39, 0.29) is 12.8 Å². The van der Waals surface area contributed by atoms with E-state index in [9.17, 15) is 33.8 Å². The Hall–Kier alpha value is -3.00. The minimum Gasteiger partial charge on any atom is -0.462 e. The molecular formula is C46H76O14P2. The lowest BCUT2D eigenvalue weighted by atomic mass is 10.1. The maximum atomic E-state index is 12.6. The van der Waals surface area contributed by atoms with Crippen molar-refractivity contribution in [2.24, 2.45) is 0 Å². The third-order valence-corrected chi connectivity index (χ3v) is 10.0. The van der Waals surface area contributed by atoms with Gasteiger partial charge in [0.25, 0.3) is 0 Å². The molecule has 0 aromatic heterocycles. The Morgan fingerprint density at radius 2 is 1.00 bits per heavy atom. The van der Waals surface area contributed by atoms with Gasteiger partial charge in [-0.3, -0.25) is 23.2 Å². The number of esters is 2. The summed E-state index contributed by atoms with van der Waals surface area (Å²) in [5.74, 6) is -1.19. The van der Waals surface area contributed by atoms with Crippen LogP contribution in [0.25, 0.3) is 0 Å². The van der Waals surface area contributed by atoms with Crippen LogP contribution in [0, 0.1) is 0 Å². The SMILES string of the molecule is CCCCCCCC/C=C\C/C=C\C/C=C\CCCC(=O)O[C@H](COC(=O)CCC/C=C\C/C=C\C/C=C\C/C=C\C=C\[C@@H](O)CC)COP(=O)(O)OC[C@@H](O)COP(=O)(O)O. The van der Waals surface area contributed by atoms with Crippen LogP contribution in [0.3, 0.4) is 0 Å². The maximum Gasteiger partial charge on any atom is 0.472 e. The summed E-state index contributed by atoms with van der Waals surface area (Å²) in [6.07, 6.45) is 45.1. The molecule has 0 saturated carbocycles. The lowest BCUT2D eigenvalue weighted by Crippen LogP contribution is -2.29. The Bertz CT molecular complexity index is 1480. The van der Waals surface area contributed by atoms with Gasteiger partial charge >= 0.3 is 27.6 Å². The number of carbonyl (C=O) groups is 2. The van der Waals surface area contributed by atoms with E-state index in [1.165, 1.54) is 38.5 Å². The van der Waals surface area contributed by atoms with Crippen molar-refractivity contribution < 1.29 is 66.7 Å². The third-order valence-electron chi connectivity index (χ3n) is 8.60. The summed E-state index contributed by atoms with van der Waals surface area (Å²) in [5, 5.41) is 19.2. The monoisotopic (exact) mass is 914 g/mol. The predicted molar refractivity (Wildman–Crippen MR) is 245 cm³/mol. The summed E-state index contributed by atoms with van der Waals surface area (Å²) >= 11 is 0. The van der Waals surface area contributed by atoms with Crippen molar-refractivity contribution in [3.8, 4) is 0 Å². The van der Waals surface area contributed by atoms with Crippen molar-refractivity contribution >= 4 is 27.6 Å². The second kappa shape index (κ2) is 40.8. The van der Waals surface area contributed by atoms with Crippen molar-refractivity contribution in [3.05, 3.63) is 97.2 Å². The van der Waals surface area contributed by atoms with Gasteiger partial charge in [0.05, 0.1) is 25.9 Å². The smallest absolute Gasteiger partial charge is 0.462 e. The first-order valence-electron chi connectivity index (χ1n) is 22.0. The number of hydrogen-bond donors (Lipinski definition) is 5. The highest BCUT2D eigenvalue weighted by Crippen LogP contribution is 2.43. The first-order valence-corrected chi connectivity index (χ1v) is 25.1. The number of phosphoric ester groups is 2. The lowest BCUT2D eigenvalue weighted by Gasteiger charge is -2.20. The highest BCUT2D eigenvalue weighted by atomic mass is 31.2. The maximum absolute atomic E-state index is 12.6. The largest absolute Gasteiger partial charge is 0.472 e. The molecule has 1 unspecified atom stereocenters. The zero-order valence-corrected chi connectivity index (χ0v) is 38.8. The molecule has 0 radical (unpaired) electrons. The molecule has 0 aliphatic heterocycles. The topological polar surface area (TPSA) is 216 Å². The Labute approximate surface area is 371 Å². The van der Waals surface area contributed by atoms with Gasteiger partial charge in [-0.1, -0.05) is 143 Å². The van der Waals surface area contributed by atoms with Crippen LogP contribution in [0.5, 0.6) is 0 Å². The van der Waals surface area contributed by atoms with Gasteiger partial charge in [0.1, 0.15) is 12.7 Å². The van der Waals surface area contributed by atoms with Crippen LogP contribution < -0.4 is 0 Å². The van der Waals surface area contributed by atoms with Gasteiger partial charge in [0.15, 0.2) is 6.10 Å². The normalized spacial score (nSPS) is 15.4. The van der Waals surface area contributed by atoms with Crippen molar-refractivity contribution in [2.45, 2.75) is 154 Å². The molecule has 0 rings (SSSR count). The summed E-state index contributed by atoms with van der Waals surface area (Å²) < 4.78 is 47.6. The fourth-order valence-corrected chi connectivity index (χ4v) is 6.27. The molecule has 5 N–H and O–H groups in total. The van der Waals surface area contributed by atoms with E-state index in [0.29, 0.717) is 32.1 Å². The van der Waals surface area contributed by atoms with Gasteiger partial charge in [-0.15, -0.1) is 0 Å². The molecule has 4 atom stereocenters. The van der Waals surface area contributed by atoms with Crippen molar-refractivity contribution in [3.63, 3.8) is 0 Å². The molecule has 354 valence electrons. The molecule has 0 aliphatic carbocycles. The number of phosphoric acid groups is 2. The summed E-state index contributed by atoms with van der Waals surface area (Å²) in [6.45, 7) is 1.27. The Morgan fingerprint density at radius 3 is 1.55 bits per heavy atom. The Balaban J connectivity index is 4.72. The van der Waals surface area contributed by atoms with E-state index < -0.39 is 72.3 Å². The van der Waals surface area contributed by atoms with E-state index in [1.807, 2.05) is 49.5 Å². The van der Waals surface area contributed by atoms with E-state index >= 15 is 0 Å². The summed E-state index contributed by atoms with van der Waals surface area (Å²) in [5.41, 5.74) is 0. The van der Waals surface area contributed by atoms with Gasteiger partial charge in [-0.2, -0.15) is 0 Å². The number of unbranched alkanes of at least 4 members (excludes halogenated alkanes) is 8. The van der Waals surface area contributed by atoms with Gasteiger partial charge in [-0.25, -0.2) is 9.13 Å². The van der Waals surface area contributed by atoms with E-state index in [1.54, 1.807) is 6.08 Å². The fraction of sp³-hybridized carbons (Fsp3) is 0.609. The number of aliphatic hydroxyl groups is 2. The molecule has 0 saturated heterocycles. The fourth-order valence-electron chi connectivity index (χ4n) is 5.11. The van der Waals surface area contributed by atoms with Crippen LogP contribution in [0.15, 0.2) is 97.2 Å². The number of rotatable bonds is 40. The summed E-state index contributed by atoms with van der Waals surface area (Å²) in [6, 6.07) is 0. The molecule has 0 aliphatic rings. The molecule has 0 bridgehead atoms. The van der Waals surface area contributed by atoms with Crippen LogP contribution >= 0.6 is 15.6 Å². The van der Waals surface area contributed by atoms with Crippen molar-refractivity contribution in [1.82, 2.24) is 0 Å². The molecule has 0 aromatic rings. The molecule has 16 heteroatoms. The average molecular weight is 915 g/mol. The van der Waals surface area contributed by atoms with Gasteiger partial charge in [0, 0.05) is 12.8 Å². The van der Waals surface area contributed by atoms with Crippen LogP contribution in [0.2, 0.25) is 0 Å². The van der Waals surface area contributed by atoms with Gasteiger partial charge in [0.2, 0.25) is 0 Å². The Morgan fingerprint density at radius 1 is 0.532 bits per heavy atom. The molecule has 0 aromatic carbocycles. The predicted octanol–water partition coefficient (Wildman–Crippen LogP) is 10.3. The average Bonchev–Trinajstić information content (AvgIpc) is 3.23. The van der Waals surface area contributed by atoms with E-state index in [4.69, 9.17) is 23.8 Å². The van der Waals surface area contributed by atoms with Crippen LogP contribution in [0.1, 0.15) is 136 Å². The first-order chi connectivity index (χ1) is 29.8. The molecule has 0 spiro atoms. The Kier molecular flexibility index (Phi) is 38.8. The minimum atomic E-state index is -4.88. The molecule has 14 nitrogen and oxygen atoms in total. The molecule has 0 heterocycles.